The fourth-order valence-corrected chi connectivity index (χ4v) is 4.47. The Balaban J connectivity index is 1.60. The van der Waals surface area contributed by atoms with Crippen LogP contribution in [0, 0.1) is 6.92 Å². The molecule has 0 bridgehead atoms. The number of hydrogen-bond acceptors (Lipinski definition) is 4. The summed E-state index contributed by atoms with van der Waals surface area (Å²) in [5.74, 6) is -0.115. The summed E-state index contributed by atoms with van der Waals surface area (Å²) in [6, 6.07) is 8.43. The molecule has 1 N–H and O–H groups in total. The molecule has 2 aromatic heterocycles. The van der Waals surface area contributed by atoms with Crippen LogP contribution in [-0.4, -0.2) is 21.5 Å². The Morgan fingerprint density at radius 1 is 1.27 bits per heavy atom. The lowest BCUT2D eigenvalue weighted by atomic mass is 10.1. The fraction of sp³-hybridized carbons (Fsp3) is 0.350. The third-order valence-corrected chi connectivity index (χ3v) is 5.90. The van der Waals surface area contributed by atoms with E-state index in [2.05, 4.69) is 10.3 Å². The van der Waals surface area contributed by atoms with Crippen LogP contribution in [0.2, 0.25) is 0 Å². The lowest BCUT2D eigenvalue weighted by Crippen LogP contribution is -2.37. The van der Waals surface area contributed by atoms with Gasteiger partial charge in [-0.25, -0.2) is 4.98 Å². The highest BCUT2D eigenvalue weighted by Crippen LogP contribution is 2.30. The molecule has 0 saturated heterocycles. The normalized spacial score (nSPS) is 14.8. The van der Waals surface area contributed by atoms with E-state index in [0.717, 1.165) is 36.8 Å². The van der Waals surface area contributed by atoms with Gasteiger partial charge in [0.05, 0.1) is 11.8 Å². The van der Waals surface area contributed by atoms with Gasteiger partial charge in [-0.2, -0.15) is 0 Å². The zero-order valence-electron chi connectivity index (χ0n) is 14.7. The topological polar surface area (TPSA) is 64.0 Å². The molecule has 5 nitrogen and oxygen atoms in total. The van der Waals surface area contributed by atoms with Crippen LogP contribution >= 0.6 is 11.3 Å². The number of fused-ring (bicyclic) bond motifs is 1. The first-order valence-electron chi connectivity index (χ1n) is 8.95. The first kappa shape index (κ1) is 17.0. The van der Waals surface area contributed by atoms with Gasteiger partial charge < -0.3 is 5.32 Å². The Bertz CT molecular complexity index is 998. The molecular formula is C20H21N3O2S. The minimum atomic E-state index is -0.153. The molecule has 1 saturated carbocycles. The minimum Gasteiger partial charge on any atom is -0.352 e. The van der Waals surface area contributed by atoms with Crippen molar-refractivity contribution in [2.24, 2.45) is 0 Å². The molecule has 0 spiro atoms. The van der Waals surface area contributed by atoms with E-state index in [9.17, 15) is 9.59 Å². The lowest BCUT2D eigenvalue weighted by molar-refractivity contribution is -0.122. The van der Waals surface area contributed by atoms with Gasteiger partial charge in [0.15, 0.2) is 0 Å². The second-order valence-corrected chi connectivity index (χ2v) is 7.80. The van der Waals surface area contributed by atoms with Gasteiger partial charge >= 0.3 is 0 Å². The van der Waals surface area contributed by atoms with Crippen molar-refractivity contribution in [3.05, 3.63) is 51.9 Å². The summed E-state index contributed by atoms with van der Waals surface area (Å²) >= 11 is 1.39. The van der Waals surface area contributed by atoms with Gasteiger partial charge in [-0.1, -0.05) is 42.7 Å². The van der Waals surface area contributed by atoms with Crippen LogP contribution in [0.5, 0.6) is 0 Å². The molecule has 0 atom stereocenters. The number of thiophene rings is 1. The third-order valence-electron chi connectivity index (χ3n) is 4.94. The molecule has 6 heteroatoms. The maximum Gasteiger partial charge on any atom is 0.271 e. The highest BCUT2D eigenvalue weighted by Gasteiger charge is 2.18. The standard InChI is InChI=1S/C20H21N3O2S/c1-13-6-8-14(9-7-13)16-11-26-19-18(16)21-12-23(20(19)25)10-17(24)22-15-4-2-3-5-15/h6-9,11-12,15H,2-5,10H2,1H3,(H,22,24). The van der Waals surface area contributed by atoms with E-state index in [1.165, 1.54) is 27.8 Å². The van der Waals surface area contributed by atoms with E-state index >= 15 is 0 Å². The van der Waals surface area contributed by atoms with Crippen molar-refractivity contribution in [2.45, 2.75) is 45.2 Å². The smallest absolute Gasteiger partial charge is 0.271 e. The van der Waals surface area contributed by atoms with Gasteiger partial charge in [-0.15, -0.1) is 11.3 Å². The molecule has 2 heterocycles. The predicted molar refractivity (Wildman–Crippen MR) is 104 cm³/mol. The van der Waals surface area contributed by atoms with Gasteiger partial charge in [0, 0.05) is 17.0 Å². The van der Waals surface area contributed by atoms with Crippen molar-refractivity contribution < 1.29 is 4.79 Å². The van der Waals surface area contributed by atoms with Crippen LogP contribution in [0.4, 0.5) is 0 Å². The minimum absolute atomic E-state index is 0.0238. The van der Waals surface area contributed by atoms with Crippen LogP contribution in [0.15, 0.2) is 40.8 Å². The number of rotatable bonds is 4. The summed E-state index contributed by atoms with van der Waals surface area (Å²) < 4.78 is 2.00. The molecule has 3 aromatic rings. The van der Waals surface area contributed by atoms with E-state index in [0.29, 0.717) is 10.2 Å². The maximum absolute atomic E-state index is 12.8. The summed E-state index contributed by atoms with van der Waals surface area (Å²) in [5.41, 5.74) is 3.75. The number of carbonyl (C=O) groups is 1. The van der Waals surface area contributed by atoms with Crippen molar-refractivity contribution in [1.29, 1.82) is 0 Å². The molecule has 0 aliphatic heterocycles. The Morgan fingerprint density at radius 2 is 2.00 bits per heavy atom. The molecule has 134 valence electrons. The van der Waals surface area contributed by atoms with Gasteiger partial charge in [0.2, 0.25) is 5.91 Å². The SMILES string of the molecule is Cc1ccc(-c2csc3c(=O)n(CC(=O)NC4CCCC4)cnc23)cc1. The molecular weight excluding hydrogens is 346 g/mol. The molecule has 1 amide bonds. The van der Waals surface area contributed by atoms with E-state index in [1.807, 2.05) is 36.6 Å². The van der Waals surface area contributed by atoms with Crippen molar-refractivity contribution in [1.82, 2.24) is 14.9 Å². The van der Waals surface area contributed by atoms with Gasteiger partial charge in [-0.3, -0.25) is 14.2 Å². The number of hydrogen-bond donors (Lipinski definition) is 1. The predicted octanol–water partition coefficient (Wildman–Crippen LogP) is 3.49. The maximum atomic E-state index is 12.8. The van der Waals surface area contributed by atoms with Crippen molar-refractivity contribution in [3.8, 4) is 11.1 Å². The number of aryl methyl sites for hydroxylation is 1. The average molecular weight is 367 g/mol. The van der Waals surface area contributed by atoms with E-state index < -0.39 is 0 Å². The Labute approximate surface area is 155 Å². The largest absolute Gasteiger partial charge is 0.352 e. The number of nitrogens with zero attached hydrogens (tertiary/aromatic N) is 2. The van der Waals surface area contributed by atoms with Crippen molar-refractivity contribution in [2.75, 3.05) is 0 Å². The molecule has 1 aliphatic rings. The van der Waals surface area contributed by atoms with Gasteiger partial charge in [0.25, 0.3) is 5.56 Å². The van der Waals surface area contributed by atoms with Gasteiger partial charge in [0.1, 0.15) is 11.2 Å². The molecule has 1 aromatic carbocycles. The summed E-state index contributed by atoms with van der Waals surface area (Å²) in [6.07, 6.45) is 5.87. The highest BCUT2D eigenvalue weighted by molar-refractivity contribution is 7.17. The Kier molecular flexibility index (Phi) is 4.59. The number of amides is 1. The first-order valence-corrected chi connectivity index (χ1v) is 9.83. The summed E-state index contributed by atoms with van der Waals surface area (Å²) in [4.78, 5) is 29.5. The molecule has 0 unspecified atom stereocenters. The Morgan fingerprint density at radius 3 is 2.73 bits per heavy atom. The number of aromatic nitrogens is 2. The molecule has 0 radical (unpaired) electrons. The molecule has 26 heavy (non-hydrogen) atoms. The lowest BCUT2D eigenvalue weighted by Gasteiger charge is -2.12. The van der Waals surface area contributed by atoms with Crippen LogP contribution in [-0.2, 0) is 11.3 Å². The zero-order valence-corrected chi connectivity index (χ0v) is 15.5. The van der Waals surface area contributed by atoms with Crippen molar-refractivity contribution >= 4 is 27.5 Å². The number of nitrogens with one attached hydrogen (secondary N) is 1. The average Bonchev–Trinajstić information content (AvgIpc) is 3.28. The van der Waals surface area contributed by atoms with Crippen LogP contribution in [0.1, 0.15) is 31.2 Å². The van der Waals surface area contributed by atoms with Crippen LogP contribution in [0.3, 0.4) is 0 Å². The van der Waals surface area contributed by atoms with Crippen molar-refractivity contribution in [3.63, 3.8) is 0 Å². The monoisotopic (exact) mass is 367 g/mol. The first-order chi connectivity index (χ1) is 12.6. The third kappa shape index (κ3) is 3.29. The van der Waals surface area contributed by atoms with E-state index in [-0.39, 0.29) is 24.1 Å². The highest BCUT2D eigenvalue weighted by atomic mass is 32.1. The zero-order chi connectivity index (χ0) is 18.1. The van der Waals surface area contributed by atoms with E-state index in [4.69, 9.17) is 0 Å². The van der Waals surface area contributed by atoms with Gasteiger partial charge in [-0.05, 0) is 25.3 Å². The number of carbonyl (C=O) groups excluding carboxylic acids is 1. The van der Waals surface area contributed by atoms with Crippen LogP contribution < -0.4 is 10.9 Å². The summed E-state index contributed by atoms with van der Waals surface area (Å²) in [5, 5.41) is 4.98. The second-order valence-electron chi connectivity index (χ2n) is 6.92. The van der Waals surface area contributed by atoms with Crippen LogP contribution in [0.25, 0.3) is 21.3 Å². The summed E-state index contributed by atoms with van der Waals surface area (Å²) in [6.45, 7) is 2.07. The summed E-state index contributed by atoms with van der Waals surface area (Å²) in [7, 11) is 0. The second kappa shape index (κ2) is 7.03. The molecule has 1 fully saturated rings. The molecule has 4 rings (SSSR count). The Hall–Kier alpha value is -2.47. The number of benzene rings is 1. The fourth-order valence-electron chi connectivity index (χ4n) is 3.49. The quantitative estimate of drug-likeness (QED) is 0.768. The van der Waals surface area contributed by atoms with E-state index in [1.54, 1.807) is 0 Å². The molecule has 1 aliphatic carbocycles.